The van der Waals surface area contributed by atoms with Crippen molar-refractivity contribution in [1.82, 2.24) is 9.78 Å². The van der Waals surface area contributed by atoms with Gasteiger partial charge in [-0.15, -0.1) is 0 Å². The molecule has 0 radical (unpaired) electrons. The van der Waals surface area contributed by atoms with Crippen molar-refractivity contribution < 1.29 is 12.8 Å². The predicted molar refractivity (Wildman–Crippen MR) is 105 cm³/mol. The zero-order chi connectivity index (χ0) is 19.0. The first-order chi connectivity index (χ1) is 12.9. The Kier molecular flexibility index (Phi) is 4.37. The van der Waals surface area contributed by atoms with Gasteiger partial charge in [-0.3, -0.25) is 0 Å². The monoisotopic (exact) mass is 398 g/mol. The molecule has 0 unspecified atom stereocenters. The molecule has 0 amide bonds. The average Bonchev–Trinajstić information content (AvgIpc) is 3.31. The van der Waals surface area contributed by atoms with E-state index in [1.807, 2.05) is 36.4 Å². The van der Waals surface area contributed by atoms with Crippen LogP contribution in [0.4, 0.5) is 0 Å². The maximum Gasteiger partial charge on any atom is 0.175 e. The molecule has 2 heterocycles. The van der Waals surface area contributed by atoms with Crippen molar-refractivity contribution in [1.29, 1.82) is 0 Å². The zero-order valence-electron chi connectivity index (χ0n) is 14.3. The van der Waals surface area contributed by atoms with E-state index in [1.54, 1.807) is 41.3 Å². The lowest BCUT2D eigenvalue weighted by Gasteiger charge is -2.08. The molecule has 0 spiro atoms. The van der Waals surface area contributed by atoms with Crippen molar-refractivity contribution in [3.63, 3.8) is 0 Å². The number of furan rings is 1. The van der Waals surface area contributed by atoms with E-state index in [-0.39, 0.29) is 4.90 Å². The molecule has 7 heteroatoms. The number of nitrogens with zero attached hydrogens (tertiary/aromatic N) is 2. The van der Waals surface area contributed by atoms with E-state index in [1.165, 1.54) is 6.26 Å². The van der Waals surface area contributed by atoms with Crippen molar-refractivity contribution >= 4 is 21.4 Å². The molecule has 0 aliphatic heterocycles. The molecule has 0 bridgehead atoms. The fourth-order valence-corrected chi connectivity index (χ4v) is 3.54. The highest BCUT2D eigenvalue weighted by atomic mass is 35.5. The Balaban J connectivity index is 1.86. The Bertz CT molecular complexity index is 1180. The van der Waals surface area contributed by atoms with Gasteiger partial charge in [0.2, 0.25) is 0 Å². The lowest BCUT2D eigenvalue weighted by Crippen LogP contribution is -2.01. The molecule has 0 fully saturated rings. The van der Waals surface area contributed by atoms with Gasteiger partial charge in [0.05, 0.1) is 22.5 Å². The summed E-state index contributed by atoms with van der Waals surface area (Å²) in [6.07, 6.45) is 2.78. The van der Waals surface area contributed by atoms with Gasteiger partial charge in [-0.25, -0.2) is 13.1 Å². The van der Waals surface area contributed by atoms with Crippen molar-refractivity contribution in [2.45, 2.75) is 4.90 Å². The minimum absolute atomic E-state index is 0.262. The van der Waals surface area contributed by atoms with Gasteiger partial charge in [-0.2, -0.15) is 5.10 Å². The molecule has 2 aromatic carbocycles. The van der Waals surface area contributed by atoms with Crippen molar-refractivity contribution in [3.8, 4) is 28.4 Å². The van der Waals surface area contributed by atoms with E-state index in [4.69, 9.17) is 16.0 Å². The fourth-order valence-electron chi connectivity index (χ4n) is 2.78. The van der Waals surface area contributed by atoms with Crippen LogP contribution in [0.15, 0.2) is 82.3 Å². The summed E-state index contributed by atoms with van der Waals surface area (Å²) in [5.41, 5.74) is 3.18. The predicted octanol–water partition coefficient (Wildman–Crippen LogP) is 4.86. The molecule has 0 aliphatic rings. The van der Waals surface area contributed by atoms with Crippen LogP contribution in [0.25, 0.3) is 28.4 Å². The van der Waals surface area contributed by atoms with E-state index in [2.05, 4.69) is 5.10 Å². The maximum atomic E-state index is 11.7. The molecule has 0 aliphatic carbocycles. The first-order valence-corrected chi connectivity index (χ1v) is 10.4. The largest absolute Gasteiger partial charge is 0.463 e. The second-order valence-electron chi connectivity index (χ2n) is 6.08. The van der Waals surface area contributed by atoms with Gasteiger partial charge in [0.15, 0.2) is 15.6 Å². The van der Waals surface area contributed by atoms with Crippen LogP contribution < -0.4 is 0 Å². The number of hydrogen-bond donors (Lipinski definition) is 0. The Morgan fingerprint density at radius 3 is 2.30 bits per heavy atom. The van der Waals surface area contributed by atoms with Crippen molar-refractivity contribution in [3.05, 3.63) is 78.0 Å². The zero-order valence-corrected chi connectivity index (χ0v) is 15.9. The molecule has 0 saturated heterocycles. The van der Waals surface area contributed by atoms with Crippen LogP contribution in [-0.2, 0) is 9.84 Å². The van der Waals surface area contributed by atoms with E-state index in [0.29, 0.717) is 16.5 Å². The first-order valence-electron chi connectivity index (χ1n) is 8.12. The lowest BCUT2D eigenvalue weighted by molar-refractivity contribution is 0.579. The first kappa shape index (κ1) is 17.6. The summed E-state index contributed by atoms with van der Waals surface area (Å²) in [5, 5.41) is 5.30. The van der Waals surface area contributed by atoms with Gasteiger partial charge in [0.25, 0.3) is 0 Å². The molecular weight excluding hydrogens is 384 g/mol. The van der Waals surface area contributed by atoms with Crippen LogP contribution >= 0.6 is 11.6 Å². The van der Waals surface area contributed by atoms with Gasteiger partial charge in [-0.05, 0) is 54.6 Å². The second kappa shape index (κ2) is 6.72. The molecular formula is C20H15ClN2O3S. The molecule has 0 saturated carbocycles. The third kappa shape index (κ3) is 3.54. The highest BCUT2D eigenvalue weighted by molar-refractivity contribution is 7.90. The highest BCUT2D eigenvalue weighted by Gasteiger charge is 2.15. The number of halogens is 1. The quantitative estimate of drug-likeness (QED) is 0.492. The Labute approximate surface area is 161 Å². The highest BCUT2D eigenvalue weighted by Crippen LogP contribution is 2.30. The molecule has 4 aromatic rings. The summed E-state index contributed by atoms with van der Waals surface area (Å²) >= 11 is 6.01. The van der Waals surface area contributed by atoms with E-state index in [0.717, 1.165) is 16.9 Å². The van der Waals surface area contributed by atoms with Crippen molar-refractivity contribution in [2.24, 2.45) is 0 Å². The minimum atomic E-state index is -3.26. The van der Waals surface area contributed by atoms with Crippen LogP contribution in [0.1, 0.15) is 0 Å². The summed E-state index contributed by atoms with van der Waals surface area (Å²) < 4.78 is 30.6. The summed E-state index contributed by atoms with van der Waals surface area (Å²) in [4.78, 5) is 0.262. The Morgan fingerprint density at radius 2 is 1.70 bits per heavy atom. The Hall–Kier alpha value is -2.83. The molecule has 27 heavy (non-hydrogen) atoms. The number of sulfone groups is 1. The van der Waals surface area contributed by atoms with E-state index >= 15 is 0 Å². The maximum absolute atomic E-state index is 11.7. The van der Waals surface area contributed by atoms with Crippen LogP contribution in [0, 0.1) is 0 Å². The topological polar surface area (TPSA) is 65.1 Å². The average molecular weight is 399 g/mol. The number of aromatic nitrogens is 2. The molecule has 0 atom stereocenters. The van der Waals surface area contributed by atoms with Gasteiger partial charge >= 0.3 is 0 Å². The van der Waals surface area contributed by atoms with Gasteiger partial charge in [-0.1, -0.05) is 23.7 Å². The van der Waals surface area contributed by atoms with Crippen molar-refractivity contribution in [2.75, 3.05) is 6.26 Å². The molecule has 2 aromatic heterocycles. The number of hydrogen-bond acceptors (Lipinski definition) is 4. The van der Waals surface area contributed by atoms with Gasteiger partial charge < -0.3 is 4.42 Å². The summed E-state index contributed by atoms with van der Waals surface area (Å²) in [7, 11) is -3.26. The molecule has 5 nitrogen and oxygen atoms in total. The summed E-state index contributed by atoms with van der Waals surface area (Å²) in [6.45, 7) is 0. The third-order valence-corrected chi connectivity index (χ3v) is 5.51. The van der Waals surface area contributed by atoms with Crippen LogP contribution in [0.3, 0.4) is 0 Å². The van der Waals surface area contributed by atoms with Crippen LogP contribution in [0.2, 0.25) is 5.02 Å². The SMILES string of the molecule is CS(=O)(=O)c1ccc(-n2nc(-c3ccco3)cc2-c2ccc(Cl)cc2)cc1. The smallest absolute Gasteiger partial charge is 0.175 e. The standard InChI is InChI=1S/C20H15ClN2O3S/c1-27(24,25)17-10-8-16(9-11-17)23-19(14-4-6-15(21)7-5-14)13-18(22-23)20-3-2-12-26-20/h2-13H,1H3. The number of benzene rings is 2. The molecule has 4 rings (SSSR count). The van der Waals surface area contributed by atoms with Gasteiger partial charge in [0, 0.05) is 16.8 Å². The molecule has 0 N–H and O–H groups in total. The summed E-state index contributed by atoms with van der Waals surface area (Å²) in [6, 6.07) is 19.6. The van der Waals surface area contributed by atoms with Crippen LogP contribution in [0.5, 0.6) is 0 Å². The summed E-state index contributed by atoms with van der Waals surface area (Å²) in [5.74, 6) is 0.650. The number of rotatable bonds is 4. The molecule has 136 valence electrons. The lowest BCUT2D eigenvalue weighted by atomic mass is 10.1. The fraction of sp³-hybridized carbons (Fsp3) is 0.0500. The third-order valence-electron chi connectivity index (χ3n) is 4.13. The second-order valence-corrected chi connectivity index (χ2v) is 8.53. The minimum Gasteiger partial charge on any atom is -0.463 e. The van der Waals surface area contributed by atoms with Gasteiger partial charge in [0.1, 0.15) is 5.69 Å². The van der Waals surface area contributed by atoms with E-state index < -0.39 is 9.84 Å². The van der Waals surface area contributed by atoms with E-state index in [9.17, 15) is 8.42 Å². The normalized spacial score (nSPS) is 11.6. The Morgan fingerprint density at radius 1 is 1.00 bits per heavy atom. The van der Waals surface area contributed by atoms with Crippen LogP contribution in [-0.4, -0.2) is 24.5 Å².